The van der Waals surface area contributed by atoms with Crippen LogP contribution in [0.1, 0.15) is 0 Å². The third-order valence-electron chi connectivity index (χ3n) is 10.8. The van der Waals surface area contributed by atoms with Gasteiger partial charge in [0.25, 0.3) is 0 Å². The number of hydrogen-bond acceptors (Lipinski definition) is 0. The highest BCUT2D eigenvalue weighted by Crippen LogP contribution is 2.31. The zero-order valence-corrected chi connectivity index (χ0v) is 31.6. The highest BCUT2D eigenvalue weighted by atomic mass is 29.6. The van der Waals surface area contributed by atoms with Crippen molar-refractivity contribution in [3.63, 3.8) is 0 Å². The molecule has 0 fully saturated rings. The zero-order valence-electron chi connectivity index (χ0n) is 28.6. The second kappa shape index (κ2) is 14.3. The molecular weight excluding hydrogens is 661 g/mol. The first-order chi connectivity index (χ1) is 25.3. The van der Waals surface area contributed by atoms with E-state index >= 15 is 0 Å². The average Bonchev–Trinajstić information content (AvgIpc) is 3.24. The minimum Gasteiger partial charge on any atom is -0.0631 e. The second-order valence-corrected chi connectivity index (χ2v) is 32.8. The van der Waals surface area contributed by atoms with Crippen LogP contribution in [0.5, 0.6) is 0 Å². The van der Waals surface area contributed by atoms with Crippen molar-refractivity contribution in [2.24, 2.45) is 0 Å². The van der Waals surface area contributed by atoms with Gasteiger partial charge in [0.05, 0.1) is 0 Å². The number of benzene rings is 8. The molecule has 0 aliphatic rings. The maximum absolute atomic E-state index is 3.27. The summed E-state index contributed by atoms with van der Waals surface area (Å²) in [4.78, 5) is 0. The summed E-state index contributed by atoms with van der Waals surface area (Å²) in [5.41, 5.74) is 0. The van der Waals surface area contributed by atoms with Crippen molar-refractivity contribution in [3.05, 3.63) is 243 Å². The molecule has 0 radical (unpaired) electrons. The summed E-state index contributed by atoms with van der Waals surface area (Å²) in [6.45, 7) is 0. The molecule has 0 N–H and O–H groups in total. The van der Waals surface area contributed by atoms with Crippen LogP contribution in [0, 0.1) is 0 Å². The summed E-state index contributed by atoms with van der Waals surface area (Å²) in [5, 5.41) is 11.6. The minimum absolute atomic E-state index is 1.45. The topological polar surface area (TPSA) is 0 Å². The summed E-state index contributed by atoms with van der Waals surface area (Å²) in [5.74, 6) is 0. The minimum atomic E-state index is -3.27. The van der Waals surface area contributed by atoms with E-state index in [-0.39, 0.29) is 0 Å². The molecule has 0 atom stereocenters. The van der Waals surface area contributed by atoms with Gasteiger partial charge in [-0.05, 0) is 0 Å². The normalized spacial score (nSPS) is 11.9. The molecule has 0 saturated carbocycles. The van der Waals surface area contributed by atoms with Crippen LogP contribution in [0.25, 0.3) is 0 Å². The van der Waals surface area contributed by atoms with E-state index in [0.717, 1.165) is 0 Å². The Balaban J connectivity index is 1.79. The van der Waals surface area contributed by atoms with Crippen LogP contribution in [-0.2, 0) is 0 Å². The first-order valence-corrected chi connectivity index (χ1v) is 25.8. The Hall–Kier alpha value is -5.59. The van der Waals surface area contributed by atoms with Gasteiger partial charge in [0.1, 0.15) is 22.3 Å². The summed E-state index contributed by atoms with van der Waals surface area (Å²) >= 11 is 0. The molecule has 0 amide bonds. The maximum Gasteiger partial charge on any atom is 0.148 e. The van der Waals surface area contributed by atoms with Crippen LogP contribution in [0.3, 0.4) is 0 Å². The molecule has 0 heterocycles. The molecule has 3 heteroatoms. The van der Waals surface area contributed by atoms with Crippen molar-refractivity contribution in [1.29, 1.82) is 0 Å². The molecule has 8 rings (SSSR count). The number of hydrogen-bond donors (Lipinski definition) is 0. The molecule has 0 saturated heterocycles. The molecule has 0 aliphatic heterocycles. The maximum atomic E-state index is 2.49. The summed E-state index contributed by atoms with van der Waals surface area (Å²) in [6, 6.07) is 93.4. The average molecular weight is 701 g/mol. The summed E-state index contributed by atoms with van der Waals surface area (Å²) < 4.78 is 0. The largest absolute Gasteiger partial charge is 0.148 e. The Labute approximate surface area is 305 Å². The van der Waals surface area contributed by atoms with Crippen LogP contribution >= 0.6 is 0 Å². The highest BCUT2D eigenvalue weighted by molar-refractivity contribution is 7.89. The fourth-order valence-corrected chi connectivity index (χ4v) is 54.4. The molecule has 0 aromatic heterocycles. The van der Waals surface area contributed by atoms with Crippen LogP contribution in [0.15, 0.2) is 243 Å². The Morgan fingerprint density at radius 2 is 0.294 bits per heavy atom. The molecule has 8 aromatic rings. The molecule has 0 bridgehead atoms. The van der Waals surface area contributed by atoms with Gasteiger partial charge < -0.3 is 0 Å². The third kappa shape index (κ3) is 5.16. The lowest BCUT2D eigenvalue weighted by molar-refractivity contribution is 1.66. The van der Waals surface area contributed by atoms with Gasteiger partial charge in [-0.2, -0.15) is 0 Å². The highest BCUT2D eigenvalue weighted by Gasteiger charge is 2.72. The predicted molar refractivity (Wildman–Crippen MR) is 226 cm³/mol. The fraction of sp³-hybridized carbons (Fsp3) is 0. The molecule has 0 nitrogen and oxygen atoms in total. The van der Waals surface area contributed by atoms with Crippen molar-refractivity contribution in [2.45, 2.75) is 0 Å². The lowest BCUT2D eigenvalue weighted by Gasteiger charge is -2.59. The van der Waals surface area contributed by atoms with E-state index in [4.69, 9.17) is 0 Å². The van der Waals surface area contributed by atoms with Crippen LogP contribution in [0.4, 0.5) is 0 Å². The van der Waals surface area contributed by atoms with Crippen LogP contribution in [-0.4, -0.2) is 22.3 Å². The Morgan fingerprint density at radius 3 is 0.451 bits per heavy atom. The Morgan fingerprint density at radius 1 is 0.157 bits per heavy atom. The fourth-order valence-electron chi connectivity index (χ4n) is 9.12. The van der Waals surface area contributed by atoms with Gasteiger partial charge in [-0.1, -0.05) is 284 Å². The van der Waals surface area contributed by atoms with E-state index in [1.807, 2.05) is 0 Å². The van der Waals surface area contributed by atoms with E-state index in [0.29, 0.717) is 0 Å². The van der Waals surface area contributed by atoms with Gasteiger partial charge in [-0.15, -0.1) is 0 Å². The van der Waals surface area contributed by atoms with Crippen molar-refractivity contribution < 1.29 is 0 Å². The molecule has 8 aromatic carbocycles. The molecule has 0 spiro atoms. The third-order valence-corrected chi connectivity index (χ3v) is 44.8. The standard InChI is InChI=1S/C48H40Si3/c1-9-25-41(26-10-1)49(42-27-11-2-12-28-42,43-29-13-3-14-30-43)51(47-37-21-7-22-38-47,48-39-23-8-24-40-48)50(44-31-15-4-16-32-44,45-33-17-5-18-34-45)46-35-19-6-20-36-46/h1-40H. The van der Waals surface area contributed by atoms with Crippen molar-refractivity contribution >= 4 is 63.8 Å². The van der Waals surface area contributed by atoms with Gasteiger partial charge in [0.2, 0.25) is 0 Å². The van der Waals surface area contributed by atoms with Gasteiger partial charge in [-0.25, -0.2) is 0 Å². The van der Waals surface area contributed by atoms with Crippen LogP contribution < -0.4 is 41.5 Å². The molecule has 244 valence electrons. The SMILES string of the molecule is c1ccc([Si](c2ccccc2)(c2ccccc2)[Si](c2ccccc2)(c2ccccc2)[Si](c2ccccc2)(c2ccccc2)c2ccccc2)cc1. The van der Waals surface area contributed by atoms with Gasteiger partial charge in [0.15, 0.2) is 0 Å². The van der Waals surface area contributed by atoms with Crippen LogP contribution in [0.2, 0.25) is 0 Å². The van der Waals surface area contributed by atoms with Crippen molar-refractivity contribution in [1.82, 2.24) is 0 Å². The Bertz CT molecular complexity index is 1900. The van der Waals surface area contributed by atoms with E-state index in [2.05, 4.69) is 243 Å². The van der Waals surface area contributed by atoms with Gasteiger partial charge in [-0.3, -0.25) is 0 Å². The predicted octanol–water partition coefficient (Wildman–Crippen LogP) is 5.75. The monoisotopic (exact) mass is 700 g/mol. The van der Waals surface area contributed by atoms with Gasteiger partial charge in [0, 0.05) is 0 Å². The van der Waals surface area contributed by atoms with Crippen molar-refractivity contribution in [3.8, 4) is 0 Å². The van der Waals surface area contributed by atoms with E-state index in [1.54, 1.807) is 0 Å². The first-order valence-electron chi connectivity index (χ1n) is 17.8. The lowest BCUT2D eigenvalue weighted by Crippen LogP contribution is -3.04. The first kappa shape index (κ1) is 32.6. The zero-order chi connectivity index (χ0) is 34.4. The van der Waals surface area contributed by atoms with Gasteiger partial charge >= 0.3 is 0 Å². The second-order valence-electron chi connectivity index (χ2n) is 13.2. The van der Waals surface area contributed by atoms with E-state index in [9.17, 15) is 0 Å². The molecule has 0 unspecified atom stereocenters. The van der Waals surface area contributed by atoms with E-state index < -0.39 is 22.3 Å². The smallest absolute Gasteiger partial charge is 0.0631 e. The van der Waals surface area contributed by atoms with E-state index in [1.165, 1.54) is 41.5 Å². The quantitative estimate of drug-likeness (QED) is 0.126. The van der Waals surface area contributed by atoms with Crippen molar-refractivity contribution in [2.75, 3.05) is 0 Å². The molecular formula is C48H40Si3. The summed E-state index contributed by atoms with van der Waals surface area (Å²) in [6.07, 6.45) is 0. The molecule has 0 aliphatic carbocycles. The molecule has 51 heavy (non-hydrogen) atoms. The Kier molecular flexibility index (Phi) is 9.16. The number of rotatable bonds is 10. The summed E-state index contributed by atoms with van der Waals surface area (Å²) in [7, 11) is -9.61. The lowest BCUT2D eigenvalue weighted by atomic mass is 10.3.